The van der Waals surface area contributed by atoms with E-state index in [9.17, 15) is 4.79 Å². The minimum absolute atomic E-state index is 0.296. The molecule has 76 valence electrons. The summed E-state index contributed by atoms with van der Waals surface area (Å²) in [6.45, 7) is 2.01. The van der Waals surface area contributed by atoms with Gasteiger partial charge in [0.25, 0.3) is 0 Å². The largest absolute Gasteiger partial charge is 0.479 e. The Hall–Kier alpha value is -1.61. The van der Waals surface area contributed by atoms with Crippen molar-refractivity contribution < 1.29 is 14.6 Å². The van der Waals surface area contributed by atoms with Crippen LogP contribution in [0.25, 0.3) is 6.08 Å². The van der Waals surface area contributed by atoms with Crippen LogP contribution in [-0.4, -0.2) is 16.7 Å². The summed E-state index contributed by atoms with van der Waals surface area (Å²) in [5.41, 5.74) is 2.13. The van der Waals surface area contributed by atoms with E-state index in [-0.39, 0.29) is 6.10 Å². The van der Waals surface area contributed by atoms with E-state index in [0.29, 0.717) is 0 Å². The van der Waals surface area contributed by atoms with E-state index in [4.69, 9.17) is 9.84 Å². The van der Waals surface area contributed by atoms with E-state index in [1.165, 1.54) is 5.56 Å². The molecular formula is C12H10O3. The van der Waals surface area contributed by atoms with Gasteiger partial charge in [-0.2, -0.15) is 0 Å². The fourth-order valence-corrected chi connectivity index (χ4v) is 2.11. The Labute approximate surface area is 87.0 Å². The van der Waals surface area contributed by atoms with Crippen LogP contribution in [0.15, 0.2) is 24.3 Å². The average Bonchev–Trinajstić information content (AvgIpc) is 2.93. The normalized spacial score (nSPS) is 30.6. The maximum atomic E-state index is 11.0. The zero-order valence-electron chi connectivity index (χ0n) is 8.23. The molecular weight excluding hydrogens is 192 g/mol. The van der Waals surface area contributed by atoms with Gasteiger partial charge in [-0.3, -0.25) is 0 Å². The highest BCUT2D eigenvalue weighted by atomic mass is 16.6. The molecule has 3 nitrogen and oxygen atoms in total. The van der Waals surface area contributed by atoms with Gasteiger partial charge in [-0.15, -0.1) is 0 Å². The van der Waals surface area contributed by atoms with E-state index in [2.05, 4.69) is 0 Å². The predicted octanol–water partition coefficient (Wildman–Crippen LogP) is 1.92. The number of epoxide rings is 1. The molecule has 1 aliphatic heterocycles. The third-order valence-corrected chi connectivity index (χ3v) is 3.01. The van der Waals surface area contributed by atoms with E-state index in [1.54, 1.807) is 6.08 Å². The number of fused-ring (bicyclic) bond motifs is 3. The number of hydrogen-bond donors (Lipinski definition) is 1. The van der Waals surface area contributed by atoms with Crippen molar-refractivity contribution in [3.63, 3.8) is 0 Å². The molecule has 2 aliphatic rings. The minimum atomic E-state index is -1.08. The molecule has 2 unspecified atom stereocenters. The van der Waals surface area contributed by atoms with Gasteiger partial charge in [-0.05, 0) is 24.1 Å². The molecule has 0 amide bonds. The second-order valence-electron chi connectivity index (χ2n) is 4.06. The van der Waals surface area contributed by atoms with Gasteiger partial charge in [0.2, 0.25) is 5.60 Å². The standard InChI is InChI=1S/C12H10O3/c1-7-2-3-9-8(6-7)4-5-12(11(13)14)10(9)15-12/h2-6,10H,1H3,(H,13,14). The minimum Gasteiger partial charge on any atom is -0.479 e. The summed E-state index contributed by atoms with van der Waals surface area (Å²) in [5, 5.41) is 9.04. The van der Waals surface area contributed by atoms with Crippen molar-refractivity contribution in [1.82, 2.24) is 0 Å². The summed E-state index contributed by atoms with van der Waals surface area (Å²) in [6.07, 6.45) is 3.18. The zero-order valence-corrected chi connectivity index (χ0v) is 8.23. The molecule has 2 atom stereocenters. The van der Waals surface area contributed by atoms with Gasteiger partial charge in [-0.25, -0.2) is 4.79 Å². The monoisotopic (exact) mass is 202 g/mol. The lowest BCUT2D eigenvalue weighted by molar-refractivity contribution is -0.141. The highest BCUT2D eigenvalue weighted by molar-refractivity contribution is 5.88. The quantitative estimate of drug-likeness (QED) is 0.708. The lowest BCUT2D eigenvalue weighted by Crippen LogP contribution is -2.23. The Bertz CT molecular complexity index is 490. The van der Waals surface area contributed by atoms with Crippen LogP contribution in [-0.2, 0) is 9.53 Å². The first-order valence-corrected chi connectivity index (χ1v) is 4.84. The van der Waals surface area contributed by atoms with Crippen LogP contribution in [0.1, 0.15) is 22.8 Å². The average molecular weight is 202 g/mol. The molecule has 1 aromatic carbocycles. The number of ether oxygens (including phenoxy) is 1. The van der Waals surface area contributed by atoms with E-state index < -0.39 is 11.6 Å². The number of hydrogen-bond acceptors (Lipinski definition) is 2. The molecule has 1 N–H and O–H groups in total. The Morgan fingerprint density at radius 2 is 2.33 bits per heavy atom. The molecule has 1 fully saturated rings. The maximum absolute atomic E-state index is 11.0. The van der Waals surface area contributed by atoms with Gasteiger partial charge in [0.05, 0.1) is 0 Å². The van der Waals surface area contributed by atoms with Crippen LogP contribution in [0, 0.1) is 6.92 Å². The molecule has 0 aromatic heterocycles. The first-order chi connectivity index (χ1) is 7.13. The molecule has 3 rings (SSSR count). The second-order valence-corrected chi connectivity index (χ2v) is 4.06. The number of aryl methyl sites for hydroxylation is 1. The first kappa shape index (κ1) is 8.68. The molecule has 0 radical (unpaired) electrons. The number of benzene rings is 1. The summed E-state index contributed by atoms with van der Waals surface area (Å²) < 4.78 is 5.31. The Balaban J connectivity index is 2.11. The Morgan fingerprint density at radius 1 is 1.53 bits per heavy atom. The summed E-state index contributed by atoms with van der Waals surface area (Å²) in [4.78, 5) is 11.0. The van der Waals surface area contributed by atoms with Crippen molar-refractivity contribution in [3.8, 4) is 0 Å². The third kappa shape index (κ3) is 1.01. The van der Waals surface area contributed by atoms with Crippen molar-refractivity contribution >= 4 is 12.0 Å². The zero-order chi connectivity index (χ0) is 10.6. The highest BCUT2D eigenvalue weighted by Gasteiger charge is 2.63. The molecule has 1 heterocycles. The van der Waals surface area contributed by atoms with Gasteiger partial charge in [0, 0.05) is 0 Å². The van der Waals surface area contributed by atoms with Crippen molar-refractivity contribution in [2.45, 2.75) is 18.6 Å². The Morgan fingerprint density at radius 3 is 3.07 bits per heavy atom. The van der Waals surface area contributed by atoms with Crippen molar-refractivity contribution in [3.05, 3.63) is 41.0 Å². The Kier molecular flexibility index (Phi) is 1.44. The SMILES string of the molecule is Cc1ccc2c(c1)C=CC1(C(=O)O)OC21. The van der Waals surface area contributed by atoms with Crippen LogP contribution in [0.5, 0.6) is 0 Å². The van der Waals surface area contributed by atoms with E-state index >= 15 is 0 Å². The molecule has 0 spiro atoms. The lowest BCUT2D eigenvalue weighted by atomic mass is 9.89. The molecule has 1 saturated heterocycles. The summed E-state index contributed by atoms with van der Waals surface area (Å²) in [6, 6.07) is 5.97. The number of carboxylic acid groups (broad SMARTS) is 1. The maximum Gasteiger partial charge on any atom is 0.343 e. The lowest BCUT2D eigenvalue weighted by Gasteiger charge is -2.11. The molecule has 0 saturated carbocycles. The van der Waals surface area contributed by atoms with Crippen LogP contribution in [0.3, 0.4) is 0 Å². The molecule has 15 heavy (non-hydrogen) atoms. The summed E-state index contributed by atoms with van der Waals surface area (Å²) in [7, 11) is 0. The van der Waals surface area contributed by atoms with Gasteiger partial charge in [-0.1, -0.05) is 29.8 Å². The topological polar surface area (TPSA) is 49.8 Å². The molecule has 1 aromatic rings. The van der Waals surface area contributed by atoms with Crippen LogP contribution in [0.2, 0.25) is 0 Å². The fourth-order valence-electron chi connectivity index (χ4n) is 2.11. The summed E-state index contributed by atoms with van der Waals surface area (Å²) >= 11 is 0. The summed E-state index contributed by atoms with van der Waals surface area (Å²) in [5.74, 6) is -0.907. The highest BCUT2D eigenvalue weighted by Crippen LogP contribution is 2.54. The third-order valence-electron chi connectivity index (χ3n) is 3.01. The molecule has 3 heteroatoms. The number of rotatable bonds is 1. The van der Waals surface area contributed by atoms with Crippen molar-refractivity contribution in [2.24, 2.45) is 0 Å². The van der Waals surface area contributed by atoms with Gasteiger partial charge in [0.1, 0.15) is 6.10 Å². The smallest absolute Gasteiger partial charge is 0.343 e. The molecule has 1 aliphatic carbocycles. The van der Waals surface area contributed by atoms with Crippen LogP contribution < -0.4 is 0 Å². The number of carboxylic acids is 1. The van der Waals surface area contributed by atoms with Crippen molar-refractivity contribution in [1.29, 1.82) is 0 Å². The van der Waals surface area contributed by atoms with Crippen molar-refractivity contribution in [2.75, 3.05) is 0 Å². The van der Waals surface area contributed by atoms with E-state index in [1.807, 2.05) is 31.2 Å². The van der Waals surface area contributed by atoms with Gasteiger partial charge in [0.15, 0.2) is 0 Å². The fraction of sp³-hybridized carbons (Fsp3) is 0.250. The first-order valence-electron chi connectivity index (χ1n) is 4.84. The second kappa shape index (κ2) is 2.49. The van der Waals surface area contributed by atoms with E-state index in [0.717, 1.165) is 11.1 Å². The van der Waals surface area contributed by atoms with Gasteiger partial charge < -0.3 is 9.84 Å². The van der Waals surface area contributed by atoms with Crippen LogP contribution in [0.4, 0.5) is 0 Å². The van der Waals surface area contributed by atoms with Gasteiger partial charge >= 0.3 is 5.97 Å². The molecule has 0 bridgehead atoms. The number of carbonyl (C=O) groups is 1. The predicted molar refractivity (Wildman–Crippen MR) is 54.4 cm³/mol. The number of aliphatic carboxylic acids is 1. The van der Waals surface area contributed by atoms with Crippen LogP contribution >= 0.6 is 0 Å².